The molecule has 6 rings (SSSR count). The van der Waals surface area contributed by atoms with Crippen LogP contribution in [0.2, 0.25) is 0 Å². The zero-order valence-corrected chi connectivity index (χ0v) is 18.5. The Kier molecular flexibility index (Phi) is 5.10. The van der Waals surface area contributed by atoms with Crippen LogP contribution in [0.3, 0.4) is 0 Å². The van der Waals surface area contributed by atoms with Gasteiger partial charge in [-0.25, -0.2) is 14.2 Å². The van der Waals surface area contributed by atoms with E-state index >= 15 is 0 Å². The second kappa shape index (κ2) is 8.31. The van der Waals surface area contributed by atoms with Gasteiger partial charge in [-0.05, 0) is 37.6 Å². The number of amides is 2. The molecule has 0 aromatic carbocycles. The molecule has 0 unspecified atom stereocenters. The summed E-state index contributed by atoms with van der Waals surface area (Å²) in [5, 5.41) is 5.95. The Balaban J connectivity index is 1.06. The number of hydrogen-bond donors (Lipinski definition) is 2. The quantitative estimate of drug-likeness (QED) is 0.511. The minimum Gasteiger partial charge on any atom is -0.480 e. The van der Waals surface area contributed by atoms with Gasteiger partial charge in [0.25, 0.3) is 11.5 Å². The lowest BCUT2D eigenvalue weighted by atomic mass is 10.1. The molecule has 12 heteroatoms. The molecule has 11 nitrogen and oxygen atoms in total. The molecule has 35 heavy (non-hydrogen) atoms. The van der Waals surface area contributed by atoms with Crippen molar-refractivity contribution >= 4 is 34.7 Å². The van der Waals surface area contributed by atoms with Gasteiger partial charge in [-0.2, -0.15) is 0 Å². The van der Waals surface area contributed by atoms with E-state index in [0.717, 1.165) is 0 Å². The highest BCUT2D eigenvalue weighted by atomic mass is 19.1. The van der Waals surface area contributed by atoms with Crippen LogP contribution in [0.5, 0.6) is 5.75 Å². The van der Waals surface area contributed by atoms with Crippen molar-refractivity contribution in [1.29, 1.82) is 0 Å². The van der Waals surface area contributed by atoms with E-state index in [-0.39, 0.29) is 36.0 Å². The Bertz CT molecular complexity index is 1430. The van der Waals surface area contributed by atoms with Crippen molar-refractivity contribution in [2.45, 2.75) is 31.5 Å². The van der Waals surface area contributed by atoms with Gasteiger partial charge in [0.15, 0.2) is 18.2 Å². The number of carbonyl (C=O) groups is 2. The largest absolute Gasteiger partial charge is 0.480 e. The Morgan fingerprint density at radius 3 is 2.94 bits per heavy atom. The van der Waals surface area contributed by atoms with Crippen molar-refractivity contribution in [3.63, 3.8) is 0 Å². The first-order valence-corrected chi connectivity index (χ1v) is 11.3. The monoisotopic (exact) mass is 480 g/mol. The normalized spacial score (nSPS) is 20.5. The number of anilines is 2. The van der Waals surface area contributed by atoms with E-state index in [2.05, 4.69) is 20.6 Å². The molecule has 3 aromatic heterocycles. The first-order chi connectivity index (χ1) is 17.0. The van der Waals surface area contributed by atoms with Gasteiger partial charge >= 0.3 is 6.09 Å². The van der Waals surface area contributed by atoms with Crippen molar-refractivity contribution in [2.75, 3.05) is 29.9 Å². The van der Waals surface area contributed by atoms with Crippen LogP contribution in [-0.2, 0) is 16.1 Å². The van der Waals surface area contributed by atoms with Gasteiger partial charge in [0.1, 0.15) is 17.7 Å². The number of halogens is 1. The van der Waals surface area contributed by atoms with Crippen LogP contribution < -0.4 is 25.8 Å². The molecule has 0 bridgehead atoms. The topological polar surface area (TPSA) is 128 Å². The van der Waals surface area contributed by atoms with Crippen LogP contribution in [-0.4, -0.2) is 52.3 Å². The van der Waals surface area contributed by atoms with Crippen molar-refractivity contribution < 1.29 is 23.5 Å². The van der Waals surface area contributed by atoms with Crippen LogP contribution in [0, 0.1) is 5.82 Å². The van der Waals surface area contributed by atoms with E-state index < -0.39 is 11.9 Å². The third kappa shape index (κ3) is 3.75. The number of cyclic esters (lactones) is 1. The summed E-state index contributed by atoms with van der Waals surface area (Å²) in [6.07, 6.45) is 1.61. The van der Waals surface area contributed by atoms with Gasteiger partial charge in [-0.1, -0.05) is 0 Å². The maximum Gasteiger partial charge on any atom is 0.415 e. The van der Waals surface area contributed by atoms with Crippen LogP contribution in [0.1, 0.15) is 24.4 Å². The van der Waals surface area contributed by atoms with E-state index in [1.807, 2.05) is 0 Å². The predicted molar refractivity (Wildman–Crippen MR) is 122 cm³/mol. The molecule has 2 atom stereocenters. The Morgan fingerprint density at radius 2 is 2.06 bits per heavy atom. The molecule has 0 radical (unpaired) electrons. The average Bonchev–Trinajstić information content (AvgIpc) is 3.42. The van der Waals surface area contributed by atoms with Crippen molar-refractivity contribution in [3.8, 4) is 5.75 Å². The molecule has 6 heterocycles. The molecule has 0 saturated carbocycles. The van der Waals surface area contributed by atoms with Gasteiger partial charge in [0, 0.05) is 18.2 Å². The SMILES string of the molecule is O=C1COc2ccc(N3C[C@H](CCCN[C@H]4Cn5c(=O)ccc6ncc(F)c4c65)OC3=O)nc2N1. The minimum atomic E-state index is -0.509. The molecule has 2 amide bonds. The number of fused-ring (bicyclic) bond motifs is 1. The summed E-state index contributed by atoms with van der Waals surface area (Å²) in [6.45, 7) is 1.14. The lowest BCUT2D eigenvalue weighted by Crippen LogP contribution is -2.29. The molecule has 180 valence electrons. The Morgan fingerprint density at radius 1 is 1.17 bits per heavy atom. The summed E-state index contributed by atoms with van der Waals surface area (Å²) in [5.74, 6) is 0.341. The van der Waals surface area contributed by atoms with Gasteiger partial charge in [-0.15, -0.1) is 0 Å². The lowest BCUT2D eigenvalue weighted by molar-refractivity contribution is -0.118. The van der Waals surface area contributed by atoms with E-state index in [9.17, 15) is 18.8 Å². The molecule has 0 spiro atoms. The molecule has 1 saturated heterocycles. The number of rotatable bonds is 6. The summed E-state index contributed by atoms with van der Waals surface area (Å²) in [7, 11) is 0. The Hall–Kier alpha value is -4.06. The first kappa shape index (κ1) is 21.5. The van der Waals surface area contributed by atoms with Crippen LogP contribution in [0.15, 0.2) is 35.3 Å². The van der Waals surface area contributed by atoms with Crippen LogP contribution >= 0.6 is 0 Å². The molecule has 1 fully saturated rings. The van der Waals surface area contributed by atoms with Gasteiger partial charge in [0.2, 0.25) is 0 Å². The number of hydrogen-bond acceptors (Lipinski definition) is 8. The van der Waals surface area contributed by atoms with Gasteiger partial charge in [-0.3, -0.25) is 19.5 Å². The summed E-state index contributed by atoms with van der Waals surface area (Å²) >= 11 is 0. The van der Waals surface area contributed by atoms with Gasteiger partial charge in [0.05, 0.1) is 29.8 Å². The lowest BCUT2D eigenvalue weighted by Gasteiger charge is -2.19. The zero-order valence-electron chi connectivity index (χ0n) is 18.5. The van der Waals surface area contributed by atoms with E-state index in [4.69, 9.17) is 9.47 Å². The highest BCUT2D eigenvalue weighted by Gasteiger charge is 2.34. The first-order valence-electron chi connectivity index (χ1n) is 11.3. The van der Waals surface area contributed by atoms with Crippen molar-refractivity contribution in [3.05, 3.63) is 52.2 Å². The van der Waals surface area contributed by atoms with E-state index in [1.165, 1.54) is 17.2 Å². The summed E-state index contributed by atoms with van der Waals surface area (Å²) in [6, 6.07) is 6.01. The molecular formula is C23H21FN6O5. The maximum atomic E-state index is 14.5. The second-order valence-electron chi connectivity index (χ2n) is 8.65. The van der Waals surface area contributed by atoms with E-state index in [0.29, 0.717) is 60.6 Å². The highest BCUT2D eigenvalue weighted by molar-refractivity contribution is 5.95. The molecule has 3 aromatic rings. The molecule has 3 aliphatic heterocycles. The van der Waals surface area contributed by atoms with Crippen molar-refractivity contribution in [1.82, 2.24) is 19.9 Å². The molecular weight excluding hydrogens is 459 g/mol. The number of pyridine rings is 3. The third-order valence-electron chi connectivity index (χ3n) is 6.41. The predicted octanol–water partition coefficient (Wildman–Crippen LogP) is 1.71. The molecule has 0 aliphatic carbocycles. The molecule has 3 aliphatic rings. The van der Waals surface area contributed by atoms with E-state index in [1.54, 1.807) is 22.8 Å². The number of nitrogens with one attached hydrogen (secondary N) is 2. The number of aromatic nitrogens is 3. The Labute approximate surface area is 197 Å². The standard InChI is InChI=1S/C23H21FN6O5/c24-13-8-26-14-3-6-19(32)30-10-15(20(13)21(14)30)25-7-1-2-12-9-29(23(33)35-12)17-5-4-16-22(27-17)28-18(31)11-34-16/h3-6,8,12,15,25H,1-2,7,9-11H2,(H,27,28,31)/t12-,15-/m0/s1. The molecule has 2 N–H and O–H groups in total. The van der Waals surface area contributed by atoms with Gasteiger partial charge < -0.3 is 24.7 Å². The fourth-order valence-electron chi connectivity index (χ4n) is 4.79. The summed E-state index contributed by atoms with van der Waals surface area (Å²) in [5.41, 5.74) is 1.40. The summed E-state index contributed by atoms with van der Waals surface area (Å²) in [4.78, 5) is 46.0. The smallest absolute Gasteiger partial charge is 0.415 e. The zero-order chi connectivity index (χ0) is 24.1. The van der Waals surface area contributed by atoms with Crippen molar-refractivity contribution in [2.24, 2.45) is 0 Å². The fourth-order valence-corrected chi connectivity index (χ4v) is 4.79. The summed E-state index contributed by atoms with van der Waals surface area (Å²) < 4.78 is 26.9. The maximum absolute atomic E-state index is 14.5. The van der Waals surface area contributed by atoms with Crippen LogP contribution in [0.4, 0.5) is 20.8 Å². The average molecular weight is 480 g/mol. The number of ether oxygens (including phenoxy) is 2. The minimum absolute atomic E-state index is 0.0712. The fraction of sp³-hybridized carbons (Fsp3) is 0.348. The second-order valence-corrected chi connectivity index (χ2v) is 8.65. The third-order valence-corrected chi connectivity index (χ3v) is 6.41. The number of carbonyl (C=O) groups excluding carboxylic acids is 2. The number of nitrogens with zero attached hydrogens (tertiary/aromatic N) is 4. The van der Waals surface area contributed by atoms with Crippen LogP contribution in [0.25, 0.3) is 11.0 Å². The highest BCUT2D eigenvalue weighted by Crippen LogP contribution is 2.33.